The molecule has 0 unspecified atom stereocenters. The van der Waals surface area contributed by atoms with Gasteiger partial charge in [0.15, 0.2) is 5.89 Å². The van der Waals surface area contributed by atoms with Crippen LogP contribution in [0.4, 0.5) is 4.39 Å². The van der Waals surface area contributed by atoms with Crippen molar-refractivity contribution in [2.45, 2.75) is 12.8 Å². The molecule has 16 heavy (non-hydrogen) atoms. The number of benzene rings is 1. The van der Waals surface area contributed by atoms with Crippen molar-refractivity contribution >= 4 is 0 Å². The van der Waals surface area contributed by atoms with Gasteiger partial charge in [-0.1, -0.05) is 12.1 Å². The van der Waals surface area contributed by atoms with Crippen LogP contribution in [0.1, 0.15) is 12.3 Å². The fourth-order valence-electron chi connectivity index (χ4n) is 1.44. The van der Waals surface area contributed by atoms with Crippen molar-refractivity contribution < 1.29 is 13.9 Å². The fraction of sp³-hybridized carbons (Fsp3) is 0.250. The average molecular weight is 221 g/mol. The molecule has 0 aliphatic rings. The summed E-state index contributed by atoms with van der Waals surface area (Å²) in [5.41, 5.74) is 1.31. The summed E-state index contributed by atoms with van der Waals surface area (Å²) in [6.45, 7) is 0.109. The van der Waals surface area contributed by atoms with E-state index >= 15 is 0 Å². The molecule has 0 saturated heterocycles. The van der Waals surface area contributed by atoms with Crippen LogP contribution in [0.2, 0.25) is 0 Å². The number of aryl methyl sites for hydroxylation is 1. The molecule has 0 amide bonds. The van der Waals surface area contributed by atoms with Gasteiger partial charge in [-0.05, 0) is 18.6 Å². The van der Waals surface area contributed by atoms with Crippen LogP contribution in [0.3, 0.4) is 0 Å². The van der Waals surface area contributed by atoms with E-state index in [-0.39, 0.29) is 12.4 Å². The predicted molar refractivity (Wildman–Crippen MR) is 57.3 cm³/mol. The topological polar surface area (TPSA) is 46.3 Å². The van der Waals surface area contributed by atoms with Crippen LogP contribution in [0.25, 0.3) is 11.3 Å². The predicted octanol–water partition coefficient (Wildman–Crippen LogP) is 2.41. The number of hydrogen-bond donors (Lipinski definition) is 1. The maximum Gasteiger partial charge on any atom is 0.194 e. The van der Waals surface area contributed by atoms with Gasteiger partial charge >= 0.3 is 0 Å². The zero-order chi connectivity index (χ0) is 11.4. The Bertz CT molecular complexity index is 468. The van der Waals surface area contributed by atoms with E-state index in [1.165, 1.54) is 18.4 Å². The van der Waals surface area contributed by atoms with Crippen molar-refractivity contribution in [3.8, 4) is 11.3 Å². The van der Waals surface area contributed by atoms with E-state index in [2.05, 4.69) is 4.98 Å². The highest BCUT2D eigenvalue weighted by Gasteiger charge is 2.06. The third-order valence-corrected chi connectivity index (χ3v) is 2.22. The Hall–Kier alpha value is -1.68. The molecule has 0 saturated carbocycles. The summed E-state index contributed by atoms with van der Waals surface area (Å²) in [5.74, 6) is 0.269. The molecule has 0 aliphatic carbocycles. The van der Waals surface area contributed by atoms with Gasteiger partial charge in [-0.25, -0.2) is 9.37 Å². The highest BCUT2D eigenvalue weighted by molar-refractivity contribution is 5.57. The summed E-state index contributed by atoms with van der Waals surface area (Å²) < 4.78 is 18.2. The van der Waals surface area contributed by atoms with E-state index < -0.39 is 0 Å². The molecular weight excluding hydrogens is 209 g/mol. The molecule has 0 radical (unpaired) electrons. The molecule has 0 bridgehead atoms. The lowest BCUT2D eigenvalue weighted by atomic mass is 10.2. The van der Waals surface area contributed by atoms with Crippen molar-refractivity contribution in [3.05, 3.63) is 42.2 Å². The van der Waals surface area contributed by atoms with Gasteiger partial charge in [0.05, 0.1) is 0 Å². The van der Waals surface area contributed by atoms with Gasteiger partial charge in [0.25, 0.3) is 0 Å². The number of aromatic nitrogens is 1. The lowest BCUT2D eigenvalue weighted by Crippen LogP contribution is -1.89. The van der Waals surface area contributed by atoms with Gasteiger partial charge in [0, 0.05) is 18.6 Å². The molecule has 2 aromatic rings. The van der Waals surface area contributed by atoms with Crippen LogP contribution in [-0.2, 0) is 6.42 Å². The van der Waals surface area contributed by atoms with Crippen LogP contribution in [0.15, 0.2) is 34.9 Å². The van der Waals surface area contributed by atoms with E-state index in [1.54, 1.807) is 12.1 Å². The second-order valence-electron chi connectivity index (χ2n) is 3.46. The van der Waals surface area contributed by atoms with Gasteiger partial charge in [0.1, 0.15) is 17.8 Å². The highest BCUT2D eigenvalue weighted by Crippen LogP contribution is 2.19. The number of nitrogens with zero attached hydrogens (tertiary/aromatic N) is 1. The molecule has 4 heteroatoms. The van der Waals surface area contributed by atoms with Crippen molar-refractivity contribution in [3.63, 3.8) is 0 Å². The standard InChI is InChI=1S/C12H12FNO2/c13-10-4-1-3-9(7-10)11-8-16-12(14-11)5-2-6-15/h1,3-4,7-8,15H,2,5-6H2. The molecular formula is C12H12FNO2. The monoisotopic (exact) mass is 221 g/mol. The smallest absolute Gasteiger partial charge is 0.194 e. The highest BCUT2D eigenvalue weighted by atomic mass is 19.1. The summed E-state index contributed by atoms with van der Waals surface area (Å²) in [5, 5.41) is 8.67. The molecule has 1 N–H and O–H groups in total. The van der Waals surface area contributed by atoms with E-state index in [0.717, 1.165) is 0 Å². The van der Waals surface area contributed by atoms with Gasteiger partial charge in [0.2, 0.25) is 0 Å². The lowest BCUT2D eigenvalue weighted by molar-refractivity contribution is 0.283. The fourth-order valence-corrected chi connectivity index (χ4v) is 1.44. The Morgan fingerprint density at radius 2 is 2.25 bits per heavy atom. The van der Waals surface area contributed by atoms with Gasteiger partial charge in [-0.2, -0.15) is 0 Å². The summed E-state index contributed by atoms with van der Waals surface area (Å²) in [6.07, 6.45) is 2.70. The summed E-state index contributed by atoms with van der Waals surface area (Å²) in [6, 6.07) is 6.20. The summed E-state index contributed by atoms with van der Waals surface area (Å²) >= 11 is 0. The number of aliphatic hydroxyl groups excluding tert-OH is 1. The van der Waals surface area contributed by atoms with E-state index in [9.17, 15) is 4.39 Å². The molecule has 1 aromatic heterocycles. The van der Waals surface area contributed by atoms with E-state index in [4.69, 9.17) is 9.52 Å². The first-order chi connectivity index (χ1) is 7.79. The van der Waals surface area contributed by atoms with Crippen LogP contribution >= 0.6 is 0 Å². The minimum atomic E-state index is -0.294. The Kier molecular flexibility index (Phi) is 3.31. The Balaban J connectivity index is 2.18. The molecule has 3 nitrogen and oxygen atoms in total. The minimum absolute atomic E-state index is 0.109. The van der Waals surface area contributed by atoms with Crippen molar-refractivity contribution in [2.75, 3.05) is 6.61 Å². The van der Waals surface area contributed by atoms with Crippen LogP contribution in [-0.4, -0.2) is 16.7 Å². The zero-order valence-corrected chi connectivity index (χ0v) is 8.69. The maximum atomic E-state index is 13.0. The lowest BCUT2D eigenvalue weighted by Gasteiger charge is -1.94. The second-order valence-corrected chi connectivity index (χ2v) is 3.46. The third kappa shape index (κ3) is 2.46. The maximum absolute atomic E-state index is 13.0. The number of aliphatic hydroxyl groups is 1. The van der Waals surface area contributed by atoms with Crippen LogP contribution in [0, 0.1) is 5.82 Å². The first-order valence-electron chi connectivity index (χ1n) is 5.11. The molecule has 84 valence electrons. The molecule has 1 heterocycles. The largest absolute Gasteiger partial charge is 0.448 e. The van der Waals surface area contributed by atoms with E-state index in [0.29, 0.717) is 30.0 Å². The molecule has 2 rings (SSSR count). The zero-order valence-electron chi connectivity index (χ0n) is 8.69. The number of rotatable bonds is 4. The Morgan fingerprint density at radius 1 is 1.38 bits per heavy atom. The number of oxazole rings is 1. The van der Waals surface area contributed by atoms with Gasteiger partial charge in [-0.15, -0.1) is 0 Å². The number of halogens is 1. The Labute approximate surface area is 92.6 Å². The minimum Gasteiger partial charge on any atom is -0.448 e. The van der Waals surface area contributed by atoms with Gasteiger partial charge < -0.3 is 9.52 Å². The van der Waals surface area contributed by atoms with Crippen molar-refractivity contribution in [1.82, 2.24) is 4.98 Å². The van der Waals surface area contributed by atoms with Crippen LogP contribution in [0.5, 0.6) is 0 Å². The molecule has 0 spiro atoms. The first kappa shape index (κ1) is 10.8. The normalized spacial score (nSPS) is 10.6. The molecule has 0 atom stereocenters. The summed E-state index contributed by atoms with van der Waals surface area (Å²) in [7, 11) is 0. The molecule has 1 aromatic carbocycles. The van der Waals surface area contributed by atoms with Crippen LogP contribution < -0.4 is 0 Å². The quantitative estimate of drug-likeness (QED) is 0.862. The van der Waals surface area contributed by atoms with Crippen molar-refractivity contribution in [1.29, 1.82) is 0 Å². The van der Waals surface area contributed by atoms with Gasteiger partial charge in [-0.3, -0.25) is 0 Å². The van der Waals surface area contributed by atoms with Crippen molar-refractivity contribution in [2.24, 2.45) is 0 Å². The molecule has 0 fully saturated rings. The third-order valence-electron chi connectivity index (χ3n) is 2.22. The second kappa shape index (κ2) is 4.90. The number of hydrogen-bond acceptors (Lipinski definition) is 3. The Morgan fingerprint density at radius 3 is 3.00 bits per heavy atom. The SMILES string of the molecule is OCCCc1nc(-c2cccc(F)c2)co1. The first-order valence-corrected chi connectivity index (χ1v) is 5.11. The molecule has 0 aliphatic heterocycles. The summed E-state index contributed by atoms with van der Waals surface area (Å²) in [4.78, 5) is 4.21. The van der Waals surface area contributed by atoms with E-state index in [1.807, 2.05) is 0 Å². The average Bonchev–Trinajstić information content (AvgIpc) is 2.75.